The lowest BCUT2D eigenvalue weighted by atomic mass is 10.1. The summed E-state index contributed by atoms with van der Waals surface area (Å²) in [5.74, 6) is 0.283. The summed E-state index contributed by atoms with van der Waals surface area (Å²) in [7, 11) is 0. The zero-order chi connectivity index (χ0) is 19.7. The van der Waals surface area contributed by atoms with E-state index >= 15 is 0 Å². The SMILES string of the molecule is CCc1ccc(C(=O)Nc2ccc(-c3nc4cc(Cl)cc(Cl)c4o3)cc2)cc1. The quantitative estimate of drug-likeness (QED) is 0.411. The smallest absolute Gasteiger partial charge is 0.255 e. The number of hydrogen-bond acceptors (Lipinski definition) is 3. The summed E-state index contributed by atoms with van der Waals surface area (Å²) in [4.78, 5) is 16.8. The minimum absolute atomic E-state index is 0.154. The van der Waals surface area contributed by atoms with Gasteiger partial charge in [0.15, 0.2) is 5.58 Å². The maximum atomic E-state index is 12.4. The van der Waals surface area contributed by atoms with Gasteiger partial charge in [-0.15, -0.1) is 0 Å². The molecule has 0 saturated heterocycles. The predicted molar refractivity (Wildman–Crippen MR) is 113 cm³/mol. The molecule has 6 heteroatoms. The molecule has 1 heterocycles. The van der Waals surface area contributed by atoms with Gasteiger partial charge >= 0.3 is 0 Å². The molecule has 0 aliphatic heterocycles. The fraction of sp³-hybridized carbons (Fsp3) is 0.0909. The van der Waals surface area contributed by atoms with Gasteiger partial charge in [0.25, 0.3) is 5.91 Å². The van der Waals surface area contributed by atoms with E-state index < -0.39 is 0 Å². The van der Waals surface area contributed by atoms with E-state index in [0.717, 1.165) is 12.0 Å². The molecular formula is C22H16Cl2N2O2. The standard InChI is InChI=1S/C22H16Cl2N2O2/c1-2-13-3-5-14(6-4-13)21(27)25-17-9-7-15(8-10-17)22-26-19-12-16(23)11-18(24)20(19)28-22/h3-12H,2H2,1H3,(H,25,27). The van der Waals surface area contributed by atoms with Crippen molar-refractivity contribution >= 4 is 45.9 Å². The lowest BCUT2D eigenvalue weighted by molar-refractivity contribution is 0.102. The number of carbonyl (C=O) groups excluding carboxylic acids is 1. The fourth-order valence-electron chi connectivity index (χ4n) is 2.87. The third kappa shape index (κ3) is 3.75. The summed E-state index contributed by atoms with van der Waals surface area (Å²) in [6.07, 6.45) is 0.941. The van der Waals surface area contributed by atoms with E-state index in [1.54, 1.807) is 24.3 Å². The van der Waals surface area contributed by atoms with Crippen LogP contribution in [0, 0.1) is 0 Å². The van der Waals surface area contributed by atoms with Crippen LogP contribution in [0.2, 0.25) is 10.0 Å². The van der Waals surface area contributed by atoms with E-state index in [4.69, 9.17) is 27.6 Å². The highest BCUT2D eigenvalue weighted by Gasteiger charge is 2.13. The summed E-state index contributed by atoms with van der Waals surface area (Å²) in [6.45, 7) is 2.08. The molecule has 0 fully saturated rings. The average Bonchev–Trinajstić information content (AvgIpc) is 3.13. The highest BCUT2D eigenvalue weighted by Crippen LogP contribution is 2.32. The average molecular weight is 411 g/mol. The van der Waals surface area contributed by atoms with Crippen molar-refractivity contribution in [2.45, 2.75) is 13.3 Å². The maximum absolute atomic E-state index is 12.4. The first kappa shape index (κ1) is 18.5. The van der Waals surface area contributed by atoms with Gasteiger partial charge < -0.3 is 9.73 Å². The Bertz CT molecular complexity index is 1150. The Hall–Kier alpha value is -2.82. The Labute approximate surface area is 172 Å². The van der Waals surface area contributed by atoms with E-state index in [9.17, 15) is 4.79 Å². The molecule has 0 radical (unpaired) electrons. The molecule has 4 rings (SSSR count). The zero-order valence-corrected chi connectivity index (χ0v) is 16.5. The monoisotopic (exact) mass is 410 g/mol. The van der Waals surface area contributed by atoms with Crippen molar-refractivity contribution in [3.63, 3.8) is 0 Å². The maximum Gasteiger partial charge on any atom is 0.255 e. The molecule has 140 valence electrons. The Morgan fingerprint density at radius 2 is 1.75 bits per heavy atom. The van der Waals surface area contributed by atoms with Gasteiger partial charge in [-0.1, -0.05) is 42.3 Å². The molecule has 0 aliphatic carbocycles. The van der Waals surface area contributed by atoms with E-state index in [1.807, 2.05) is 36.4 Å². The van der Waals surface area contributed by atoms with E-state index in [1.165, 1.54) is 5.56 Å². The van der Waals surface area contributed by atoms with Gasteiger partial charge in [-0.2, -0.15) is 0 Å². The second kappa shape index (κ2) is 7.66. The molecule has 0 saturated carbocycles. The Kier molecular flexibility index (Phi) is 5.07. The van der Waals surface area contributed by atoms with Crippen LogP contribution in [-0.4, -0.2) is 10.9 Å². The van der Waals surface area contributed by atoms with Crippen molar-refractivity contribution in [3.05, 3.63) is 81.8 Å². The Balaban J connectivity index is 1.53. The molecule has 1 amide bonds. The Morgan fingerprint density at radius 3 is 2.43 bits per heavy atom. The van der Waals surface area contributed by atoms with Crippen LogP contribution in [0.5, 0.6) is 0 Å². The second-order valence-electron chi connectivity index (χ2n) is 6.34. The van der Waals surface area contributed by atoms with Gasteiger partial charge in [-0.3, -0.25) is 4.79 Å². The molecule has 0 spiro atoms. The lowest BCUT2D eigenvalue weighted by Crippen LogP contribution is -2.11. The van der Waals surface area contributed by atoms with E-state index in [0.29, 0.717) is 38.3 Å². The first-order valence-corrected chi connectivity index (χ1v) is 9.55. The molecular weight excluding hydrogens is 395 g/mol. The number of aryl methyl sites for hydroxylation is 1. The number of aromatic nitrogens is 1. The van der Waals surface area contributed by atoms with Gasteiger partial charge in [0.2, 0.25) is 5.89 Å². The number of benzene rings is 3. The summed E-state index contributed by atoms with van der Waals surface area (Å²) in [5, 5.41) is 3.81. The highest BCUT2D eigenvalue weighted by molar-refractivity contribution is 6.38. The number of anilines is 1. The molecule has 4 aromatic rings. The van der Waals surface area contributed by atoms with Crippen LogP contribution >= 0.6 is 23.2 Å². The number of oxazole rings is 1. The normalized spacial score (nSPS) is 11.0. The number of rotatable bonds is 4. The fourth-order valence-corrected chi connectivity index (χ4v) is 3.40. The topological polar surface area (TPSA) is 55.1 Å². The highest BCUT2D eigenvalue weighted by atomic mass is 35.5. The van der Waals surface area contributed by atoms with Crippen LogP contribution in [0.4, 0.5) is 5.69 Å². The molecule has 0 atom stereocenters. The van der Waals surface area contributed by atoms with Gasteiger partial charge in [0.1, 0.15) is 5.52 Å². The van der Waals surface area contributed by atoms with Crippen LogP contribution in [0.3, 0.4) is 0 Å². The van der Waals surface area contributed by atoms with Crippen LogP contribution in [0.25, 0.3) is 22.6 Å². The number of amides is 1. The molecule has 1 N–H and O–H groups in total. The number of nitrogens with one attached hydrogen (secondary N) is 1. The van der Waals surface area contributed by atoms with Gasteiger partial charge in [-0.25, -0.2) is 4.98 Å². The van der Waals surface area contributed by atoms with Crippen LogP contribution < -0.4 is 5.32 Å². The van der Waals surface area contributed by atoms with Gasteiger partial charge in [-0.05, 0) is 60.5 Å². The van der Waals surface area contributed by atoms with Crippen LogP contribution in [0.1, 0.15) is 22.8 Å². The lowest BCUT2D eigenvalue weighted by Gasteiger charge is -2.06. The number of fused-ring (bicyclic) bond motifs is 1. The van der Waals surface area contributed by atoms with Crippen molar-refractivity contribution in [1.29, 1.82) is 0 Å². The van der Waals surface area contributed by atoms with E-state index in [2.05, 4.69) is 17.2 Å². The summed E-state index contributed by atoms with van der Waals surface area (Å²) in [6, 6.07) is 18.2. The summed E-state index contributed by atoms with van der Waals surface area (Å²) >= 11 is 12.2. The third-order valence-corrected chi connectivity index (χ3v) is 4.92. The first-order chi connectivity index (χ1) is 13.5. The van der Waals surface area contributed by atoms with Gasteiger partial charge in [0.05, 0.1) is 5.02 Å². The number of carbonyl (C=O) groups is 1. The minimum atomic E-state index is -0.154. The Morgan fingerprint density at radius 1 is 1.04 bits per heavy atom. The number of halogens is 2. The third-order valence-electron chi connectivity index (χ3n) is 4.42. The van der Waals surface area contributed by atoms with Crippen molar-refractivity contribution in [2.75, 3.05) is 5.32 Å². The molecule has 0 aliphatic rings. The molecule has 0 bridgehead atoms. The molecule has 4 nitrogen and oxygen atoms in total. The van der Waals surface area contributed by atoms with E-state index in [-0.39, 0.29) is 5.91 Å². The van der Waals surface area contributed by atoms with Gasteiger partial charge in [0, 0.05) is 21.8 Å². The summed E-state index contributed by atoms with van der Waals surface area (Å²) < 4.78 is 5.76. The minimum Gasteiger partial charge on any atom is -0.435 e. The molecule has 0 unspecified atom stereocenters. The number of nitrogens with zero attached hydrogens (tertiary/aromatic N) is 1. The van der Waals surface area contributed by atoms with Crippen LogP contribution in [-0.2, 0) is 6.42 Å². The second-order valence-corrected chi connectivity index (χ2v) is 7.18. The molecule has 3 aromatic carbocycles. The van der Waals surface area contributed by atoms with Crippen molar-refractivity contribution in [1.82, 2.24) is 4.98 Å². The number of hydrogen-bond donors (Lipinski definition) is 1. The first-order valence-electron chi connectivity index (χ1n) is 8.80. The molecule has 1 aromatic heterocycles. The molecule has 28 heavy (non-hydrogen) atoms. The van der Waals surface area contributed by atoms with Crippen molar-refractivity contribution < 1.29 is 9.21 Å². The largest absolute Gasteiger partial charge is 0.435 e. The predicted octanol–water partition coefficient (Wildman–Crippen LogP) is 6.62. The van der Waals surface area contributed by atoms with Crippen molar-refractivity contribution in [2.24, 2.45) is 0 Å². The van der Waals surface area contributed by atoms with Crippen LogP contribution in [0.15, 0.2) is 65.1 Å². The van der Waals surface area contributed by atoms with Crippen molar-refractivity contribution in [3.8, 4) is 11.5 Å². The summed E-state index contributed by atoms with van der Waals surface area (Å²) in [5.41, 5.74) is 4.36. The zero-order valence-electron chi connectivity index (χ0n) is 15.0.